The lowest BCUT2D eigenvalue weighted by molar-refractivity contribution is 0.127. The maximum absolute atomic E-state index is 6.00. The van der Waals surface area contributed by atoms with Crippen LogP contribution >= 0.6 is 0 Å². The molecule has 2 heterocycles. The maximum Gasteiger partial charge on any atom is 0.123 e. The van der Waals surface area contributed by atoms with Gasteiger partial charge in [0.2, 0.25) is 0 Å². The Bertz CT molecular complexity index is 369. The van der Waals surface area contributed by atoms with Gasteiger partial charge in [-0.3, -0.25) is 4.90 Å². The SMILES string of the molecule is NC1CCCN(CC2Cc3ccccc3O2)C1. The van der Waals surface area contributed by atoms with Crippen LogP contribution in [0, 0.1) is 0 Å². The molecule has 2 N–H and O–H groups in total. The molecule has 2 aliphatic rings. The number of nitrogens with two attached hydrogens (primary N) is 1. The maximum atomic E-state index is 6.00. The Hall–Kier alpha value is -1.06. The van der Waals surface area contributed by atoms with E-state index >= 15 is 0 Å². The largest absolute Gasteiger partial charge is 0.488 e. The number of likely N-dealkylation sites (tertiary alicyclic amines) is 1. The molecule has 0 aliphatic carbocycles. The zero-order chi connectivity index (χ0) is 11.7. The van der Waals surface area contributed by atoms with E-state index in [1.807, 2.05) is 6.07 Å². The number of ether oxygens (including phenoxy) is 1. The highest BCUT2D eigenvalue weighted by Gasteiger charge is 2.26. The first-order valence-electron chi connectivity index (χ1n) is 6.54. The second-order valence-corrected chi connectivity index (χ2v) is 5.21. The first-order chi connectivity index (χ1) is 8.31. The molecule has 1 aromatic carbocycles. The molecule has 17 heavy (non-hydrogen) atoms. The van der Waals surface area contributed by atoms with Gasteiger partial charge in [0.15, 0.2) is 0 Å². The molecule has 1 fully saturated rings. The Kier molecular flexibility index (Phi) is 3.04. The summed E-state index contributed by atoms with van der Waals surface area (Å²) in [6.45, 7) is 3.21. The fourth-order valence-corrected chi connectivity index (χ4v) is 2.90. The summed E-state index contributed by atoms with van der Waals surface area (Å²) in [7, 11) is 0. The quantitative estimate of drug-likeness (QED) is 0.838. The van der Waals surface area contributed by atoms with Gasteiger partial charge in [-0.1, -0.05) is 18.2 Å². The number of para-hydroxylation sites is 1. The topological polar surface area (TPSA) is 38.5 Å². The van der Waals surface area contributed by atoms with Gasteiger partial charge in [0.1, 0.15) is 11.9 Å². The van der Waals surface area contributed by atoms with Crippen molar-refractivity contribution in [1.82, 2.24) is 4.90 Å². The summed E-state index contributed by atoms with van der Waals surface area (Å²) in [4.78, 5) is 2.45. The highest BCUT2D eigenvalue weighted by atomic mass is 16.5. The van der Waals surface area contributed by atoms with E-state index in [1.54, 1.807) is 0 Å². The van der Waals surface area contributed by atoms with Crippen LogP contribution in [0.1, 0.15) is 18.4 Å². The Morgan fingerprint density at radius 1 is 1.35 bits per heavy atom. The molecule has 3 rings (SSSR count). The zero-order valence-corrected chi connectivity index (χ0v) is 10.1. The van der Waals surface area contributed by atoms with Crippen molar-refractivity contribution in [2.24, 2.45) is 5.73 Å². The number of piperidine rings is 1. The Morgan fingerprint density at radius 2 is 2.24 bits per heavy atom. The molecule has 1 saturated heterocycles. The molecule has 2 aliphatic heterocycles. The number of rotatable bonds is 2. The highest BCUT2D eigenvalue weighted by Crippen LogP contribution is 2.28. The molecular weight excluding hydrogens is 212 g/mol. The van der Waals surface area contributed by atoms with Gasteiger partial charge in [0.05, 0.1) is 0 Å². The fourth-order valence-electron chi connectivity index (χ4n) is 2.90. The van der Waals surface area contributed by atoms with Crippen molar-refractivity contribution in [2.45, 2.75) is 31.4 Å². The molecule has 2 atom stereocenters. The molecule has 0 bridgehead atoms. The average molecular weight is 232 g/mol. The van der Waals surface area contributed by atoms with Gasteiger partial charge in [-0.15, -0.1) is 0 Å². The third-order valence-electron chi connectivity index (χ3n) is 3.72. The van der Waals surface area contributed by atoms with E-state index in [9.17, 15) is 0 Å². The van der Waals surface area contributed by atoms with Crippen LogP contribution in [0.5, 0.6) is 5.75 Å². The van der Waals surface area contributed by atoms with Crippen molar-refractivity contribution in [3.63, 3.8) is 0 Å². The minimum absolute atomic E-state index is 0.317. The third kappa shape index (κ3) is 2.45. The van der Waals surface area contributed by atoms with Crippen molar-refractivity contribution in [3.8, 4) is 5.75 Å². The number of fused-ring (bicyclic) bond motifs is 1. The average Bonchev–Trinajstić information content (AvgIpc) is 2.71. The van der Waals surface area contributed by atoms with Crippen molar-refractivity contribution in [1.29, 1.82) is 0 Å². The summed E-state index contributed by atoms with van der Waals surface area (Å²) in [6.07, 6.45) is 3.75. The predicted octanol–water partition coefficient (Wildman–Crippen LogP) is 1.41. The molecule has 3 nitrogen and oxygen atoms in total. The number of hydrogen-bond acceptors (Lipinski definition) is 3. The Morgan fingerprint density at radius 3 is 3.06 bits per heavy atom. The van der Waals surface area contributed by atoms with E-state index in [2.05, 4.69) is 23.1 Å². The van der Waals surface area contributed by atoms with Gasteiger partial charge in [-0.05, 0) is 31.0 Å². The summed E-state index contributed by atoms with van der Waals surface area (Å²) in [5, 5.41) is 0. The lowest BCUT2D eigenvalue weighted by Crippen LogP contribution is -2.46. The van der Waals surface area contributed by atoms with E-state index < -0.39 is 0 Å². The Balaban J connectivity index is 1.58. The van der Waals surface area contributed by atoms with Crippen LogP contribution in [0.25, 0.3) is 0 Å². The van der Waals surface area contributed by atoms with Gasteiger partial charge in [-0.2, -0.15) is 0 Å². The van der Waals surface area contributed by atoms with Gasteiger partial charge in [-0.25, -0.2) is 0 Å². The predicted molar refractivity (Wildman–Crippen MR) is 68.2 cm³/mol. The number of hydrogen-bond donors (Lipinski definition) is 1. The normalized spacial score (nSPS) is 28.8. The van der Waals surface area contributed by atoms with Crippen molar-refractivity contribution >= 4 is 0 Å². The lowest BCUT2D eigenvalue weighted by Gasteiger charge is -2.32. The highest BCUT2D eigenvalue weighted by molar-refractivity contribution is 5.37. The van der Waals surface area contributed by atoms with Crippen LogP contribution in [0.4, 0.5) is 0 Å². The van der Waals surface area contributed by atoms with Crippen molar-refractivity contribution < 1.29 is 4.74 Å². The van der Waals surface area contributed by atoms with Crippen molar-refractivity contribution in [2.75, 3.05) is 19.6 Å². The second-order valence-electron chi connectivity index (χ2n) is 5.21. The summed E-state index contributed by atoms with van der Waals surface area (Å²) in [5.74, 6) is 1.07. The zero-order valence-electron chi connectivity index (χ0n) is 10.1. The van der Waals surface area contributed by atoms with Gasteiger partial charge >= 0.3 is 0 Å². The van der Waals surface area contributed by atoms with Crippen molar-refractivity contribution in [3.05, 3.63) is 29.8 Å². The van der Waals surface area contributed by atoms with E-state index in [0.29, 0.717) is 12.1 Å². The van der Waals surface area contributed by atoms with Crippen LogP contribution in [0.15, 0.2) is 24.3 Å². The summed E-state index contributed by atoms with van der Waals surface area (Å²) < 4.78 is 5.96. The molecule has 0 radical (unpaired) electrons. The summed E-state index contributed by atoms with van der Waals surface area (Å²) in [5.41, 5.74) is 7.35. The smallest absolute Gasteiger partial charge is 0.123 e. The molecule has 0 amide bonds. The first-order valence-corrected chi connectivity index (χ1v) is 6.54. The molecule has 0 saturated carbocycles. The molecule has 0 spiro atoms. The molecule has 92 valence electrons. The van der Waals surface area contributed by atoms with E-state index in [4.69, 9.17) is 10.5 Å². The minimum atomic E-state index is 0.317. The van der Waals surface area contributed by atoms with Crippen LogP contribution in [-0.2, 0) is 6.42 Å². The van der Waals surface area contributed by atoms with E-state index in [0.717, 1.165) is 25.3 Å². The van der Waals surface area contributed by atoms with Crippen LogP contribution in [0.3, 0.4) is 0 Å². The monoisotopic (exact) mass is 232 g/mol. The molecule has 1 aromatic rings. The minimum Gasteiger partial charge on any atom is -0.488 e. The molecule has 3 heteroatoms. The van der Waals surface area contributed by atoms with Gasteiger partial charge in [0, 0.05) is 25.6 Å². The lowest BCUT2D eigenvalue weighted by atomic mass is 10.1. The molecular formula is C14H20N2O. The standard InChI is InChI=1S/C14H20N2O/c15-12-5-3-7-16(9-12)10-13-8-11-4-1-2-6-14(11)17-13/h1-2,4,6,12-13H,3,5,7-10,15H2. The molecule has 2 unspecified atom stereocenters. The first kappa shape index (κ1) is 11.1. The van der Waals surface area contributed by atoms with Crippen LogP contribution in [-0.4, -0.2) is 36.7 Å². The van der Waals surface area contributed by atoms with Crippen LogP contribution in [0.2, 0.25) is 0 Å². The van der Waals surface area contributed by atoms with E-state index in [-0.39, 0.29) is 0 Å². The summed E-state index contributed by atoms with van der Waals surface area (Å²) in [6, 6.07) is 8.71. The van der Waals surface area contributed by atoms with Gasteiger partial charge in [0.25, 0.3) is 0 Å². The molecule has 0 aromatic heterocycles. The van der Waals surface area contributed by atoms with E-state index in [1.165, 1.54) is 24.9 Å². The van der Waals surface area contributed by atoms with Crippen LogP contribution < -0.4 is 10.5 Å². The van der Waals surface area contributed by atoms with Gasteiger partial charge < -0.3 is 10.5 Å². The summed E-state index contributed by atoms with van der Waals surface area (Å²) >= 11 is 0. The number of nitrogens with zero attached hydrogens (tertiary/aromatic N) is 1. The fraction of sp³-hybridized carbons (Fsp3) is 0.571. The Labute approximate surface area is 103 Å². The third-order valence-corrected chi connectivity index (χ3v) is 3.72. The number of benzene rings is 1. The second kappa shape index (κ2) is 4.67.